The first kappa shape index (κ1) is 11.7. The number of rotatable bonds is 3. The van der Waals surface area contributed by atoms with Gasteiger partial charge in [0.25, 0.3) is 0 Å². The lowest BCUT2D eigenvalue weighted by Gasteiger charge is -2.27. The molecule has 1 aromatic rings. The zero-order valence-corrected chi connectivity index (χ0v) is 9.10. The average Bonchev–Trinajstić information content (AvgIpc) is 2.28. The van der Waals surface area contributed by atoms with Crippen LogP contribution in [0.5, 0.6) is 0 Å². The van der Waals surface area contributed by atoms with Gasteiger partial charge >= 0.3 is 5.97 Å². The minimum atomic E-state index is -1.21. The van der Waals surface area contributed by atoms with Crippen LogP contribution in [0.4, 0.5) is 0 Å². The summed E-state index contributed by atoms with van der Waals surface area (Å²) in [5.41, 5.74) is -0.100. The molecule has 1 rings (SSSR count). The van der Waals surface area contributed by atoms with Crippen molar-refractivity contribution in [2.75, 3.05) is 7.11 Å². The van der Waals surface area contributed by atoms with Gasteiger partial charge in [0.05, 0.1) is 7.11 Å². The Balaban J connectivity index is 2.97. The van der Waals surface area contributed by atoms with Crippen LogP contribution in [-0.2, 0) is 14.9 Å². The van der Waals surface area contributed by atoms with E-state index >= 15 is 0 Å². The van der Waals surface area contributed by atoms with Crippen molar-refractivity contribution in [3.63, 3.8) is 0 Å². The minimum absolute atomic E-state index is 0.648. The topological polar surface area (TPSA) is 59.4 Å². The molecule has 4 nitrogen and oxygen atoms in total. The fraction of sp³-hybridized carbons (Fsp3) is 0.455. The van der Waals surface area contributed by atoms with Gasteiger partial charge in [-0.25, -0.2) is 4.79 Å². The number of hydrogen-bond acceptors (Lipinski definition) is 4. The number of carbonyl (C=O) groups is 1. The average molecular weight is 209 g/mol. The third kappa shape index (κ3) is 2.33. The monoisotopic (exact) mass is 209 g/mol. The number of esters is 1. The van der Waals surface area contributed by atoms with Crippen LogP contribution in [0.15, 0.2) is 24.4 Å². The number of nitrogens with zero attached hydrogens (tertiary/aromatic N) is 1. The summed E-state index contributed by atoms with van der Waals surface area (Å²) in [6, 6.07) is 5.37. The van der Waals surface area contributed by atoms with Crippen molar-refractivity contribution in [3.8, 4) is 0 Å². The molecule has 0 aliphatic rings. The van der Waals surface area contributed by atoms with Crippen molar-refractivity contribution in [1.82, 2.24) is 4.98 Å². The summed E-state index contributed by atoms with van der Waals surface area (Å²) in [6.07, 6.45) is 0.415. The summed E-state index contributed by atoms with van der Waals surface area (Å²) < 4.78 is 4.50. The van der Waals surface area contributed by atoms with Crippen molar-refractivity contribution >= 4 is 5.97 Å². The second kappa shape index (κ2) is 4.40. The van der Waals surface area contributed by atoms with Gasteiger partial charge in [-0.3, -0.25) is 4.98 Å². The molecule has 0 amide bonds. The Labute approximate surface area is 88.9 Å². The summed E-state index contributed by atoms with van der Waals surface area (Å²) in [5, 5.41) is 9.78. The van der Waals surface area contributed by atoms with E-state index in [1.807, 2.05) is 6.07 Å². The van der Waals surface area contributed by atoms with E-state index in [2.05, 4.69) is 9.72 Å². The van der Waals surface area contributed by atoms with Gasteiger partial charge in [-0.1, -0.05) is 19.9 Å². The van der Waals surface area contributed by atoms with Gasteiger partial charge in [0.1, 0.15) is 0 Å². The fourth-order valence-corrected chi connectivity index (χ4v) is 1.29. The van der Waals surface area contributed by atoms with Crippen LogP contribution in [0, 0.1) is 0 Å². The van der Waals surface area contributed by atoms with E-state index < -0.39 is 17.5 Å². The molecule has 4 heteroatoms. The molecular formula is C11H15NO3. The number of ether oxygens (including phenoxy) is 1. The number of carbonyl (C=O) groups excluding carboxylic acids is 1. The molecule has 0 bridgehead atoms. The molecule has 0 spiro atoms. The second-order valence-corrected chi connectivity index (χ2v) is 3.86. The number of hydrogen-bond donors (Lipinski definition) is 1. The van der Waals surface area contributed by atoms with Crippen molar-refractivity contribution in [1.29, 1.82) is 0 Å². The molecule has 0 aliphatic carbocycles. The van der Waals surface area contributed by atoms with E-state index in [4.69, 9.17) is 0 Å². The van der Waals surface area contributed by atoms with Crippen LogP contribution in [0.1, 0.15) is 19.5 Å². The maximum Gasteiger partial charge on any atom is 0.335 e. The molecule has 1 N–H and O–H groups in total. The van der Waals surface area contributed by atoms with Gasteiger partial charge in [-0.15, -0.1) is 0 Å². The third-order valence-electron chi connectivity index (χ3n) is 2.43. The van der Waals surface area contributed by atoms with E-state index in [9.17, 15) is 9.90 Å². The summed E-state index contributed by atoms with van der Waals surface area (Å²) in [6.45, 7) is 3.49. The molecule has 15 heavy (non-hydrogen) atoms. The Morgan fingerprint density at radius 2 is 2.20 bits per heavy atom. The number of pyridine rings is 1. The van der Waals surface area contributed by atoms with Crippen LogP contribution in [-0.4, -0.2) is 29.3 Å². The number of aliphatic hydroxyl groups is 1. The Kier molecular flexibility index (Phi) is 3.42. The van der Waals surface area contributed by atoms with Crippen LogP contribution in [0.3, 0.4) is 0 Å². The largest absolute Gasteiger partial charge is 0.467 e. The van der Waals surface area contributed by atoms with Gasteiger partial charge in [-0.05, 0) is 12.1 Å². The summed E-state index contributed by atoms with van der Waals surface area (Å²) in [7, 11) is 1.25. The molecule has 0 radical (unpaired) electrons. The SMILES string of the molecule is COC(=O)C(O)C(C)(C)c1ccccn1. The highest BCUT2D eigenvalue weighted by Crippen LogP contribution is 2.25. The number of aliphatic hydroxyl groups excluding tert-OH is 1. The number of methoxy groups -OCH3 is 1. The highest BCUT2D eigenvalue weighted by atomic mass is 16.5. The molecule has 1 heterocycles. The molecule has 0 fully saturated rings. The van der Waals surface area contributed by atoms with Crippen molar-refractivity contribution in [2.24, 2.45) is 0 Å². The van der Waals surface area contributed by atoms with Gasteiger partial charge < -0.3 is 9.84 Å². The molecule has 82 valence electrons. The van der Waals surface area contributed by atoms with E-state index in [0.717, 1.165) is 0 Å². The summed E-state index contributed by atoms with van der Waals surface area (Å²) in [4.78, 5) is 15.4. The normalized spacial score (nSPS) is 13.3. The smallest absolute Gasteiger partial charge is 0.335 e. The van der Waals surface area contributed by atoms with E-state index in [-0.39, 0.29) is 0 Å². The molecule has 0 aliphatic heterocycles. The minimum Gasteiger partial charge on any atom is -0.467 e. The summed E-state index contributed by atoms with van der Waals surface area (Å²) in [5.74, 6) is -0.648. The van der Waals surface area contributed by atoms with E-state index in [1.165, 1.54) is 7.11 Å². The standard InChI is InChI=1S/C11H15NO3/c1-11(2,9(13)10(14)15-3)8-6-4-5-7-12-8/h4-7,9,13H,1-3H3. The van der Waals surface area contributed by atoms with Crippen molar-refractivity contribution < 1.29 is 14.6 Å². The molecular weight excluding hydrogens is 194 g/mol. The van der Waals surface area contributed by atoms with E-state index in [0.29, 0.717) is 5.69 Å². The van der Waals surface area contributed by atoms with Gasteiger partial charge in [0.2, 0.25) is 0 Å². The molecule has 1 atom stereocenters. The van der Waals surface area contributed by atoms with Crippen molar-refractivity contribution in [3.05, 3.63) is 30.1 Å². The van der Waals surface area contributed by atoms with Crippen molar-refractivity contribution in [2.45, 2.75) is 25.4 Å². The molecule has 0 saturated heterocycles. The molecule has 1 unspecified atom stereocenters. The van der Waals surface area contributed by atoms with Crippen LogP contribution < -0.4 is 0 Å². The number of aromatic nitrogens is 1. The Morgan fingerprint density at radius 3 is 2.67 bits per heavy atom. The van der Waals surface area contributed by atoms with Crippen LogP contribution >= 0.6 is 0 Å². The fourth-order valence-electron chi connectivity index (χ4n) is 1.29. The predicted molar refractivity (Wildman–Crippen MR) is 55.3 cm³/mol. The van der Waals surface area contributed by atoms with Crippen LogP contribution in [0.2, 0.25) is 0 Å². The quantitative estimate of drug-likeness (QED) is 0.751. The van der Waals surface area contributed by atoms with Crippen LogP contribution in [0.25, 0.3) is 0 Å². The zero-order chi connectivity index (χ0) is 11.5. The molecule has 0 saturated carbocycles. The summed E-state index contributed by atoms with van der Waals surface area (Å²) >= 11 is 0. The lowest BCUT2D eigenvalue weighted by Crippen LogP contribution is -2.41. The lowest BCUT2D eigenvalue weighted by atomic mass is 9.82. The van der Waals surface area contributed by atoms with E-state index in [1.54, 1.807) is 32.2 Å². The Hall–Kier alpha value is -1.42. The third-order valence-corrected chi connectivity index (χ3v) is 2.43. The zero-order valence-electron chi connectivity index (χ0n) is 9.10. The first-order valence-electron chi connectivity index (χ1n) is 4.67. The first-order valence-corrected chi connectivity index (χ1v) is 4.67. The molecule has 0 aromatic carbocycles. The Bertz CT molecular complexity index is 335. The van der Waals surface area contributed by atoms with Gasteiger partial charge in [-0.2, -0.15) is 0 Å². The van der Waals surface area contributed by atoms with Gasteiger partial charge in [0, 0.05) is 17.3 Å². The van der Waals surface area contributed by atoms with Gasteiger partial charge in [0.15, 0.2) is 6.10 Å². The maximum absolute atomic E-state index is 11.2. The Morgan fingerprint density at radius 1 is 1.53 bits per heavy atom. The first-order chi connectivity index (χ1) is 7.00. The molecule has 1 aromatic heterocycles. The second-order valence-electron chi connectivity index (χ2n) is 3.86. The maximum atomic E-state index is 11.2. The highest BCUT2D eigenvalue weighted by molar-refractivity contribution is 5.76. The lowest BCUT2D eigenvalue weighted by molar-refractivity contribution is -0.153. The highest BCUT2D eigenvalue weighted by Gasteiger charge is 2.36. The predicted octanol–water partition coefficient (Wildman–Crippen LogP) is 0.893.